The van der Waals surface area contributed by atoms with Gasteiger partial charge in [-0.25, -0.2) is 9.97 Å². The largest absolute Gasteiger partial charge is 0.357 e. The SMILES string of the molecule is CCc1nccn1-c1ccnc(NC)n1. The highest BCUT2D eigenvalue weighted by molar-refractivity contribution is 5.32. The van der Waals surface area contributed by atoms with Gasteiger partial charge in [-0.05, 0) is 6.07 Å². The molecule has 0 aliphatic heterocycles. The molecule has 0 fully saturated rings. The second-order valence-electron chi connectivity index (χ2n) is 3.06. The van der Waals surface area contributed by atoms with Crippen molar-refractivity contribution in [3.63, 3.8) is 0 Å². The third kappa shape index (κ3) is 1.81. The van der Waals surface area contributed by atoms with Crippen LogP contribution in [0.2, 0.25) is 0 Å². The molecule has 5 nitrogen and oxygen atoms in total. The summed E-state index contributed by atoms with van der Waals surface area (Å²) in [6.45, 7) is 2.07. The Labute approximate surface area is 88.2 Å². The van der Waals surface area contributed by atoms with Gasteiger partial charge in [0.25, 0.3) is 0 Å². The fourth-order valence-corrected chi connectivity index (χ4v) is 1.41. The summed E-state index contributed by atoms with van der Waals surface area (Å²) in [7, 11) is 1.80. The van der Waals surface area contributed by atoms with E-state index >= 15 is 0 Å². The highest BCUT2D eigenvalue weighted by atomic mass is 15.2. The Balaban J connectivity index is 2.44. The first kappa shape index (κ1) is 9.64. The Bertz CT molecular complexity index is 449. The number of aryl methyl sites for hydroxylation is 1. The van der Waals surface area contributed by atoms with E-state index in [1.807, 2.05) is 16.8 Å². The summed E-state index contributed by atoms with van der Waals surface area (Å²) in [5.74, 6) is 2.45. The van der Waals surface area contributed by atoms with Crippen molar-refractivity contribution in [2.75, 3.05) is 12.4 Å². The molecular weight excluding hydrogens is 190 g/mol. The van der Waals surface area contributed by atoms with Crippen molar-refractivity contribution < 1.29 is 0 Å². The lowest BCUT2D eigenvalue weighted by Crippen LogP contribution is -2.04. The van der Waals surface area contributed by atoms with Crippen LogP contribution in [0, 0.1) is 0 Å². The highest BCUT2D eigenvalue weighted by Crippen LogP contribution is 2.09. The van der Waals surface area contributed by atoms with Crippen LogP contribution in [0.5, 0.6) is 0 Å². The maximum atomic E-state index is 4.34. The third-order valence-electron chi connectivity index (χ3n) is 2.14. The van der Waals surface area contributed by atoms with E-state index in [1.165, 1.54) is 0 Å². The van der Waals surface area contributed by atoms with Crippen LogP contribution in [0.25, 0.3) is 5.82 Å². The Kier molecular flexibility index (Phi) is 2.62. The zero-order valence-corrected chi connectivity index (χ0v) is 8.81. The number of rotatable bonds is 3. The molecule has 78 valence electrons. The first-order valence-electron chi connectivity index (χ1n) is 4.88. The van der Waals surface area contributed by atoms with Crippen molar-refractivity contribution in [2.24, 2.45) is 0 Å². The summed E-state index contributed by atoms with van der Waals surface area (Å²) < 4.78 is 1.96. The second kappa shape index (κ2) is 4.08. The fraction of sp³-hybridized carbons (Fsp3) is 0.300. The molecule has 5 heteroatoms. The monoisotopic (exact) mass is 203 g/mol. The van der Waals surface area contributed by atoms with Gasteiger partial charge in [0.2, 0.25) is 5.95 Å². The molecular formula is C10H13N5. The van der Waals surface area contributed by atoms with Gasteiger partial charge in [-0.1, -0.05) is 6.92 Å². The van der Waals surface area contributed by atoms with Crippen LogP contribution < -0.4 is 5.32 Å². The standard InChI is InChI=1S/C10H13N5/c1-3-8-12-6-7-15(8)9-4-5-13-10(11-2)14-9/h4-7H,3H2,1-2H3,(H,11,13,14). The molecule has 2 aromatic heterocycles. The molecule has 0 amide bonds. The van der Waals surface area contributed by atoms with Gasteiger partial charge in [-0.2, -0.15) is 4.98 Å². The van der Waals surface area contributed by atoms with Crippen molar-refractivity contribution in [3.05, 3.63) is 30.5 Å². The van der Waals surface area contributed by atoms with Gasteiger partial charge in [0.1, 0.15) is 11.6 Å². The van der Waals surface area contributed by atoms with Gasteiger partial charge >= 0.3 is 0 Å². The molecule has 15 heavy (non-hydrogen) atoms. The Morgan fingerprint density at radius 1 is 1.33 bits per heavy atom. The van der Waals surface area contributed by atoms with Gasteiger partial charge in [0.15, 0.2) is 0 Å². The molecule has 2 aromatic rings. The van der Waals surface area contributed by atoms with Crippen LogP contribution in [0.1, 0.15) is 12.7 Å². The highest BCUT2D eigenvalue weighted by Gasteiger charge is 2.04. The average Bonchev–Trinajstić information content (AvgIpc) is 2.77. The van der Waals surface area contributed by atoms with E-state index in [1.54, 1.807) is 19.4 Å². The summed E-state index contributed by atoms with van der Waals surface area (Å²) in [5, 5.41) is 2.91. The molecule has 0 aromatic carbocycles. The van der Waals surface area contributed by atoms with Crippen LogP contribution in [-0.4, -0.2) is 26.6 Å². The number of aromatic nitrogens is 4. The van der Waals surface area contributed by atoms with E-state index in [4.69, 9.17) is 0 Å². The number of hydrogen-bond donors (Lipinski definition) is 1. The molecule has 0 bridgehead atoms. The lowest BCUT2D eigenvalue weighted by Gasteiger charge is -2.06. The smallest absolute Gasteiger partial charge is 0.224 e. The van der Waals surface area contributed by atoms with Crippen molar-refractivity contribution in [1.29, 1.82) is 0 Å². The van der Waals surface area contributed by atoms with Crippen molar-refractivity contribution in [1.82, 2.24) is 19.5 Å². The van der Waals surface area contributed by atoms with E-state index in [9.17, 15) is 0 Å². The molecule has 0 aliphatic carbocycles. The van der Waals surface area contributed by atoms with E-state index in [2.05, 4.69) is 27.2 Å². The predicted octanol–water partition coefficient (Wildman–Crippen LogP) is 1.27. The van der Waals surface area contributed by atoms with Crippen molar-refractivity contribution >= 4 is 5.95 Å². The summed E-state index contributed by atoms with van der Waals surface area (Å²) in [5.41, 5.74) is 0. The number of hydrogen-bond acceptors (Lipinski definition) is 4. The van der Waals surface area contributed by atoms with E-state index in [0.717, 1.165) is 18.1 Å². The Hall–Kier alpha value is -1.91. The maximum Gasteiger partial charge on any atom is 0.224 e. The second-order valence-corrected chi connectivity index (χ2v) is 3.06. The lowest BCUT2D eigenvalue weighted by molar-refractivity contribution is 0.862. The molecule has 1 N–H and O–H groups in total. The number of nitrogens with zero attached hydrogens (tertiary/aromatic N) is 4. The van der Waals surface area contributed by atoms with Gasteiger partial charge < -0.3 is 5.32 Å². The van der Waals surface area contributed by atoms with Gasteiger partial charge in [0, 0.05) is 32.1 Å². The number of anilines is 1. The minimum absolute atomic E-state index is 0.614. The van der Waals surface area contributed by atoms with Crippen molar-refractivity contribution in [3.8, 4) is 5.82 Å². The summed E-state index contributed by atoms with van der Waals surface area (Å²) in [6, 6.07) is 1.86. The minimum Gasteiger partial charge on any atom is -0.357 e. The predicted molar refractivity (Wildman–Crippen MR) is 58.1 cm³/mol. The van der Waals surface area contributed by atoms with Crippen LogP contribution in [-0.2, 0) is 6.42 Å². The summed E-state index contributed by atoms with van der Waals surface area (Å²) in [4.78, 5) is 12.7. The van der Waals surface area contributed by atoms with E-state index in [-0.39, 0.29) is 0 Å². The van der Waals surface area contributed by atoms with Gasteiger partial charge in [-0.3, -0.25) is 4.57 Å². The van der Waals surface area contributed by atoms with Gasteiger partial charge in [0.05, 0.1) is 0 Å². The summed E-state index contributed by atoms with van der Waals surface area (Å²) in [6.07, 6.45) is 6.29. The Morgan fingerprint density at radius 2 is 2.20 bits per heavy atom. The minimum atomic E-state index is 0.614. The molecule has 0 radical (unpaired) electrons. The number of imidazole rings is 1. The molecule has 0 saturated heterocycles. The quantitative estimate of drug-likeness (QED) is 0.816. The molecule has 2 rings (SSSR count). The summed E-state index contributed by atoms with van der Waals surface area (Å²) >= 11 is 0. The lowest BCUT2D eigenvalue weighted by atomic mass is 10.4. The zero-order chi connectivity index (χ0) is 10.7. The fourth-order valence-electron chi connectivity index (χ4n) is 1.41. The third-order valence-corrected chi connectivity index (χ3v) is 2.14. The molecule has 0 saturated carbocycles. The molecule has 0 aliphatic rings. The Morgan fingerprint density at radius 3 is 2.93 bits per heavy atom. The van der Waals surface area contributed by atoms with Crippen molar-refractivity contribution in [2.45, 2.75) is 13.3 Å². The van der Waals surface area contributed by atoms with Gasteiger partial charge in [-0.15, -0.1) is 0 Å². The normalized spacial score (nSPS) is 10.3. The van der Waals surface area contributed by atoms with E-state index in [0.29, 0.717) is 5.95 Å². The van der Waals surface area contributed by atoms with E-state index < -0.39 is 0 Å². The van der Waals surface area contributed by atoms with Crippen LogP contribution in [0.15, 0.2) is 24.7 Å². The molecule has 2 heterocycles. The number of nitrogens with one attached hydrogen (secondary N) is 1. The first-order chi connectivity index (χ1) is 7.35. The first-order valence-corrected chi connectivity index (χ1v) is 4.88. The van der Waals surface area contributed by atoms with Crippen LogP contribution in [0.3, 0.4) is 0 Å². The molecule has 0 spiro atoms. The molecule has 0 unspecified atom stereocenters. The topological polar surface area (TPSA) is 55.6 Å². The molecule has 0 atom stereocenters. The maximum absolute atomic E-state index is 4.34. The van der Waals surface area contributed by atoms with Crippen LogP contribution >= 0.6 is 0 Å². The average molecular weight is 203 g/mol. The van der Waals surface area contributed by atoms with Crippen LogP contribution in [0.4, 0.5) is 5.95 Å². The zero-order valence-electron chi connectivity index (χ0n) is 8.81.